The van der Waals surface area contributed by atoms with Crippen molar-refractivity contribution < 1.29 is 23.8 Å². The highest BCUT2D eigenvalue weighted by molar-refractivity contribution is 9.10. The van der Waals surface area contributed by atoms with Crippen molar-refractivity contribution in [3.8, 4) is 5.75 Å². The average molecular weight is 685 g/mol. The number of amides is 2. The molecule has 45 heavy (non-hydrogen) atoms. The van der Waals surface area contributed by atoms with Gasteiger partial charge in [0.05, 0.1) is 12.1 Å². The van der Waals surface area contributed by atoms with Crippen molar-refractivity contribution in [2.24, 2.45) is 0 Å². The summed E-state index contributed by atoms with van der Waals surface area (Å²) in [5.41, 5.74) is 2.82. The van der Waals surface area contributed by atoms with Crippen LogP contribution in [0.25, 0.3) is 10.9 Å². The standard InChI is InChI=1S/C36H50BrN3O5/c1-6-7-21-44-33-13-8-12-31-30(33)24-32(40(31)19-10-20-43-5)27-11-9-18-39(25-27)34(41)23-29(38-35(42)45-36(2,3)4)22-26-14-16-28(37)17-15-26/h8,12-17,24,27,29H,6-7,9-11,18-23,25H2,1-5H3,(H,38,42)/t27?,29-/m1/s1. The number of carbonyl (C=O) groups excluding carboxylic acids is 2. The Bertz CT molecular complexity index is 1400. The van der Waals surface area contributed by atoms with Crippen LogP contribution in [0.15, 0.2) is 53.0 Å². The molecule has 3 aromatic rings. The van der Waals surface area contributed by atoms with Gasteiger partial charge in [-0.2, -0.15) is 0 Å². The van der Waals surface area contributed by atoms with E-state index in [-0.39, 0.29) is 18.2 Å². The number of hydrogen-bond donors (Lipinski definition) is 1. The van der Waals surface area contributed by atoms with Gasteiger partial charge in [0, 0.05) is 67.3 Å². The maximum absolute atomic E-state index is 13.8. The number of fused-ring (bicyclic) bond motifs is 1. The van der Waals surface area contributed by atoms with Crippen LogP contribution in [-0.2, 0) is 27.2 Å². The van der Waals surface area contributed by atoms with E-state index in [0.717, 1.165) is 65.3 Å². The number of aryl methyl sites for hydroxylation is 1. The number of likely N-dealkylation sites (tertiary alicyclic amines) is 1. The van der Waals surface area contributed by atoms with Crippen LogP contribution < -0.4 is 10.1 Å². The van der Waals surface area contributed by atoms with Gasteiger partial charge in [-0.1, -0.05) is 47.5 Å². The summed E-state index contributed by atoms with van der Waals surface area (Å²) >= 11 is 3.49. The van der Waals surface area contributed by atoms with Gasteiger partial charge in [-0.3, -0.25) is 4.79 Å². The summed E-state index contributed by atoms with van der Waals surface area (Å²) in [6.45, 7) is 11.3. The van der Waals surface area contributed by atoms with Crippen LogP contribution >= 0.6 is 15.9 Å². The van der Waals surface area contributed by atoms with Crippen LogP contribution in [0.1, 0.15) is 83.4 Å². The maximum atomic E-state index is 13.8. The van der Waals surface area contributed by atoms with E-state index in [1.165, 1.54) is 5.69 Å². The molecule has 246 valence electrons. The first-order chi connectivity index (χ1) is 21.6. The number of piperidine rings is 1. The summed E-state index contributed by atoms with van der Waals surface area (Å²) in [5.74, 6) is 1.16. The van der Waals surface area contributed by atoms with Crippen molar-refractivity contribution in [3.63, 3.8) is 0 Å². The van der Waals surface area contributed by atoms with Gasteiger partial charge in [0.1, 0.15) is 11.4 Å². The molecule has 1 saturated heterocycles. The topological polar surface area (TPSA) is 82.0 Å². The first-order valence-corrected chi connectivity index (χ1v) is 17.1. The lowest BCUT2D eigenvalue weighted by Gasteiger charge is -2.34. The molecule has 0 spiro atoms. The second kappa shape index (κ2) is 16.5. The number of methoxy groups -OCH3 is 1. The zero-order valence-corrected chi connectivity index (χ0v) is 29.2. The molecule has 4 rings (SSSR count). The summed E-state index contributed by atoms with van der Waals surface area (Å²) in [6, 6.07) is 16.2. The molecule has 1 N–H and O–H groups in total. The molecule has 1 fully saturated rings. The highest BCUT2D eigenvalue weighted by atomic mass is 79.9. The highest BCUT2D eigenvalue weighted by Gasteiger charge is 2.30. The van der Waals surface area contributed by atoms with E-state index in [1.807, 2.05) is 49.9 Å². The maximum Gasteiger partial charge on any atom is 0.407 e. The number of aromatic nitrogens is 1. The molecule has 8 nitrogen and oxygen atoms in total. The van der Waals surface area contributed by atoms with Gasteiger partial charge < -0.3 is 29.0 Å². The van der Waals surface area contributed by atoms with Crippen LogP contribution in [-0.4, -0.2) is 66.5 Å². The lowest BCUT2D eigenvalue weighted by atomic mass is 9.93. The smallest absolute Gasteiger partial charge is 0.407 e. The fourth-order valence-electron chi connectivity index (χ4n) is 6.02. The summed E-state index contributed by atoms with van der Waals surface area (Å²) in [5, 5.41) is 4.11. The normalized spacial score (nSPS) is 16.0. The quantitative estimate of drug-likeness (QED) is 0.175. The molecule has 1 aliphatic heterocycles. The Hall–Kier alpha value is -3.04. The molecule has 1 aliphatic rings. The van der Waals surface area contributed by atoms with Gasteiger partial charge in [-0.25, -0.2) is 4.79 Å². The summed E-state index contributed by atoms with van der Waals surface area (Å²) in [7, 11) is 1.74. The van der Waals surface area contributed by atoms with E-state index >= 15 is 0 Å². The third-order valence-electron chi connectivity index (χ3n) is 8.15. The molecule has 1 unspecified atom stereocenters. The second-order valence-corrected chi connectivity index (χ2v) is 13.9. The minimum Gasteiger partial charge on any atom is -0.493 e. The molecule has 9 heteroatoms. The van der Waals surface area contributed by atoms with Gasteiger partial charge in [0.15, 0.2) is 0 Å². The summed E-state index contributed by atoms with van der Waals surface area (Å²) in [6.07, 6.45) is 5.16. The van der Waals surface area contributed by atoms with Crippen molar-refractivity contribution in [1.29, 1.82) is 0 Å². The largest absolute Gasteiger partial charge is 0.493 e. The van der Waals surface area contributed by atoms with Gasteiger partial charge in [-0.15, -0.1) is 0 Å². The Morgan fingerprint density at radius 1 is 1.09 bits per heavy atom. The number of unbranched alkanes of at least 4 members (excludes halogenated alkanes) is 1. The Morgan fingerprint density at radius 3 is 2.58 bits per heavy atom. The molecule has 2 atom stereocenters. The lowest BCUT2D eigenvalue weighted by Crippen LogP contribution is -2.46. The highest BCUT2D eigenvalue weighted by Crippen LogP contribution is 2.36. The van der Waals surface area contributed by atoms with E-state index in [0.29, 0.717) is 32.7 Å². The van der Waals surface area contributed by atoms with E-state index in [1.54, 1.807) is 7.11 Å². The van der Waals surface area contributed by atoms with E-state index in [9.17, 15) is 9.59 Å². The fourth-order valence-corrected chi connectivity index (χ4v) is 6.29. The van der Waals surface area contributed by atoms with E-state index in [2.05, 4.69) is 57.0 Å². The van der Waals surface area contributed by atoms with Crippen LogP contribution in [0.5, 0.6) is 5.75 Å². The Labute approximate surface area is 276 Å². The number of benzene rings is 2. The first kappa shape index (κ1) is 34.8. The van der Waals surface area contributed by atoms with Crippen LogP contribution in [0.2, 0.25) is 0 Å². The molecule has 0 bridgehead atoms. The molecule has 0 saturated carbocycles. The molecule has 1 aromatic heterocycles. The minimum absolute atomic E-state index is 0.0449. The van der Waals surface area contributed by atoms with E-state index in [4.69, 9.17) is 14.2 Å². The lowest BCUT2D eigenvalue weighted by molar-refractivity contribution is -0.132. The zero-order chi connectivity index (χ0) is 32.4. The average Bonchev–Trinajstić information content (AvgIpc) is 3.37. The monoisotopic (exact) mass is 683 g/mol. The number of nitrogens with one attached hydrogen (secondary N) is 1. The van der Waals surface area contributed by atoms with Crippen LogP contribution in [0.4, 0.5) is 4.79 Å². The predicted molar refractivity (Wildman–Crippen MR) is 183 cm³/mol. The van der Waals surface area contributed by atoms with Gasteiger partial charge in [0.25, 0.3) is 0 Å². The fraction of sp³-hybridized carbons (Fsp3) is 0.556. The Kier molecular flexibility index (Phi) is 12.8. The van der Waals surface area contributed by atoms with Crippen molar-refractivity contribution in [2.45, 2.75) is 96.7 Å². The number of rotatable bonds is 14. The van der Waals surface area contributed by atoms with Gasteiger partial charge in [-0.05, 0) is 88.8 Å². The molecular formula is C36H50BrN3O5. The van der Waals surface area contributed by atoms with Crippen molar-refractivity contribution in [3.05, 3.63) is 64.3 Å². The van der Waals surface area contributed by atoms with Crippen LogP contribution in [0, 0.1) is 0 Å². The molecule has 2 amide bonds. The third-order valence-corrected chi connectivity index (χ3v) is 8.68. The predicted octanol–water partition coefficient (Wildman–Crippen LogP) is 7.85. The molecule has 0 radical (unpaired) electrons. The summed E-state index contributed by atoms with van der Waals surface area (Å²) in [4.78, 5) is 28.6. The number of hydrogen-bond acceptors (Lipinski definition) is 5. The van der Waals surface area contributed by atoms with Crippen molar-refractivity contribution in [2.75, 3.05) is 33.4 Å². The number of halogens is 1. The number of ether oxygens (including phenoxy) is 3. The zero-order valence-electron chi connectivity index (χ0n) is 27.6. The number of alkyl carbamates (subject to hydrolysis) is 1. The number of carbonyl (C=O) groups is 2. The summed E-state index contributed by atoms with van der Waals surface area (Å²) < 4.78 is 20.5. The molecule has 2 aromatic carbocycles. The first-order valence-electron chi connectivity index (χ1n) is 16.3. The molecular weight excluding hydrogens is 634 g/mol. The molecule has 2 heterocycles. The third kappa shape index (κ3) is 10.2. The Balaban J connectivity index is 1.54. The Morgan fingerprint density at radius 2 is 1.87 bits per heavy atom. The second-order valence-electron chi connectivity index (χ2n) is 13.0. The van der Waals surface area contributed by atoms with Gasteiger partial charge in [0.2, 0.25) is 5.91 Å². The molecule has 0 aliphatic carbocycles. The van der Waals surface area contributed by atoms with E-state index < -0.39 is 17.7 Å². The van der Waals surface area contributed by atoms with Crippen LogP contribution in [0.3, 0.4) is 0 Å². The van der Waals surface area contributed by atoms with Crippen molar-refractivity contribution in [1.82, 2.24) is 14.8 Å². The SMILES string of the molecule is CCCCOc1cccc2c1cc(C1CCCN(C(=O)C[C@@H](Cc3ccc(Br)cc3)NC(=O)OC(C)(C)C)C1)n2CCCOC. The van der Waals surface area contributed by atoms with Gasteiger partial charge >= 0.3 is 6.09 Å². The van der Waals surface area contributed by atoms with Crippen molar-refractivity contribution >= 4 is 38.8 Å². The number of nitrogens with zero attached hydrogens (tertiary/aromatic N) is 2. The minimum atomic E-state index is -0.626.